The molecule has 0 saturated carbocycles. The SMILES string of the molecule is CC(C)(Cn1cnccc1=O)C(=O)NN. The van der Waals surface area contributed by atoms with Gasteiger partial charge in [-0.05, 0) is 13.8 Å². The summed E-state index contributed by atoms with van der Waals surface area (Å²) in [6, 6.07) is 1.34. The first kappa shape index (κ1) is 11.4. The van der Waals surface area contributed by atoms with Gasteiger partial charge >= 0.3 is 0 Å². The summed E-state index contributed by atoms with van der Waals surface area (Å²) in [6.45, 7) is 3.64. The highest BCUT2D eigenvalue weighted by molar-refractivity contribution is 5.81. The van der Waals surface area contributed by atoms with Gasteiger partial charge in [0.15, 0.2) is 0 Å². The Morgan fingerprint density at radius 2 is 2.33 bits per heavy atom. The van der Waals surface area contributed by atoms with Crippen LogP contribution >= 0.6 is 0 Å². The normalized spacial score (nSPS) is 11.1. The molecule has 1 heterocycles. The fourth-order valence-corrected chi connectivity index (χ4v) is 1.19. The molecule has 0 aliphatic rings. The second-order valence-corrected chi connectivity index (χ2v) is 3.90. The second-order valence-electron chi connectivity index (χ2n) is 3.90. The third-order valence-electron chi connectivity index (χ3n) is 2.10. The smallest absolute Gasteiger partial charge is 0.253 e. The van der Waals surface area contributed by atoms with E-state index in [0.29, 0.717) is 0 Å². The van der Waals surface area contributed by atoms with E-state index in [1.54, 1.807) is 13.8 Å². The van der Waals surface area contributed by atoms with Gasteiger partial charge in [0.25, 0.3) is 5.56 Å². The number of hydrogen-bond acceptors (Lipinski definition) is 4. The van der Waals surface area contributed by atoms with Crippen molar-refractivity contribution in [2.24, 2.45) is 11.3 Å². The van der Waals surface area contributed by atoms with Crippen molar-refractivity contribution in [3.8, 4) is 0 Å². The van der Waals surface area contributed by atoms with E-state index >= 15 is 0 Å². The first-order valence-electron chi connectivity index (χ1n) is 4.49. The minimum Gasteiger partial charge on any atom is -0.298 e. The highest BCUT2D eigenvalue weighted by Crippen LogP contribution is 2.16. The maximum Gasteiger partial charge on any atom is 0.253 e. The standard InChI is InChI=1S/C9H14N4O2/c1-9(2,8(15)12-10)5-13-6-11-4-3-7(13)14/h3-4,6H,5,10H2,1-2H3,(H,12,15). The van der Waals surface area contributed by atoms with Gasteiger partial charge in [-0.15, -0.1) is 0 Å². The van der Waals surface area contributed by atoms with Gasteiger partial charge < -0.3 is 0 Å². The number of hydrazine groups is 1. The van der Waals surface area contributed by atoms with Crippen molar-refractivity contribution in [1.29, 1.82) is 0 Å². The van der Waals surface area contributed by atoms with Crippen LogP contribution in [0, 0.1) is 5.41 Å². The first-order chi connectivity index (χ1) is 6.97. The number of nitrogens with one attached hydrogen (secondary N) is 1. The van der Waals surface area contributed by atoms with Gasteiger partial charge in [0.05, 0.1) is 11.7 Å². The number of hydrogen-bond donors (Lipinski definition) is 2. The second kappa shape index (κ2) is 4.22. The van der Waals surface area contributed by atoms with Crippen LogP contribution in [0.1, 0.15) is 13.8 Å². The fourth-order valence-electron chi connectivity index (χ4n) is 1.19. The molecule has 0 fully saturated rings. The zero-order valence-electron chi connectivity index (χ0n) is 8.73. The quantitative estimate of drug-likeness (QED) is 0.390. The number of aromatic nitrogens is 2. The lowest BCUT2D eigenvalue weighted by Gasteiger charge is -2.22. The van der Waals surface area contributed by atoms with Crippen molar-refractivity contribution >= 4 is 5.91 Å². The molecule has 1 aromatic heterocycles. The number of nitrogens with zero attached hydrogens (tertiary/aromatic N) is 2. The van der Waals surface area contributed by atoms with Gasteiger partial charge in [-0.25, -0.2) is 10.8 Å². The van der Waals surface area contributed by atoms with E-state index in [1.165, 1.54) is 23.2 Å². The molecule has 0 aliphatic carbocycles. The van der Waals surface area contributed by atoms with Gasteiger partial charge in [-0.1, -0.05) is 0 Å². The Labute approximate surface area is 87.1 Å². The van der Waals surface area contributed by atoms with E-state index in [1.807, 2.05) is 0 Å². The van der Waals surface area contributed by atoms with Crippen molar-refractivity contribution in [3.63, 3.8) is 0 Å². The molecule has 0 atom stereocenters. The molecule has 3 N–H and O–H groups in total. The van der Waals surface area contributed by atoms with E-state index in [-0.39, 0.29) is 18.0 Å². The summed E-state index contributed by atoms with van der Waals surface area (Å²) in [5.74, 6) is 4.73. The third kappa shape index (κ3) is 2.63. The zero-order valence-corrected chi connectivity index (χ0v) is 8.73. The third-order valence-corrected chi connectivity index (χ3v) is 2.10. The Hall–Kier alpha value is -1.69. The molecule has 0 aromatic carbocycles. The summed E-state index contributed by atoms with van der Waals surface area (Å²) < 4.78 is 1.37. The van der Waals surface area contributed by atoms with Crippen LogP contribution in [-0.2, 0) is 11.3 Å². The Balaban J connectivity index is 2.91. The lowest BCUT2D eigenvalue weighted by Crippen LogP contribution is -2.44. The van der Waals surface area contributed by atoms with E-state index in [4.69, 9.17) is 5.84 Å². The van der Waals surface area contributed by atoms with Crippen molar-refractivity contribution in [3.05, 3.63) is 28.9 Å². The van der Waals surface area contributed by atoms with E-state index in [2.05, 4.69) is 10.4 Å². The highest BCUT2D eigenvalue weighted by Gasteiger charge is 2.27. The van der Waals surface area contributed by atoms with Crippen molar-refractivity contribution < 1.29 is 4.79 Å². The average molecular weight is 210 g/mol. The fraction of sp³-hybridized carbons (Fsp3) is 0.444. The number of rotatable bonds is 3. The number of nitrogens with two attached hydrogens (primary N) is 1. The van der Waals surface area contributed by atoms with Crippen LogP contribution in [0.5, 0.6) is 0 Å². The molecule has 1 rings (SSSR count). The number of amides is 1. The van der Waals surface area contributed by atoms with Gasteiger partial charge in [0.2, 0.25) is 5.91 Å². The molecule has 15 heavy (non-hydrogen) atoms. The maximum atomic E-state index is 11.4. The Morgan fingerprint density at radius 3 is 2.87 bits per heavy atom. The molecule has 0 unspecified atom stereocenters. The summed E-state index contributed by atoms with van der Waals surface area (Å²) in [5.41, 5.74) is 1.13. The Bertz CT molecular complexity index is 411. The van der Waals surface area contributed by atoms with Crippen LogP contribution in [0.3, 0.4) is 0 Å². The molecule has 6 heteroatoms. The van der Waals surface area contributed by atoms with Crippen LogP contribution in [-0.4, -0.2) is 15.5 Å². The monoisotopic (exact) mass is 210 g/mol. The summed E-state index contributed by atoms with van der Waals surface area (Å²) in [6.07, 6.45) is 2.81. The van der Waals surface area contributed by atoms with Crippen LogP contribution in [0.2, 0.25) is 0 Å². The van der Waals surface area contributed by atoms with Crippen LogP contribution < -0.4 is 16.8 Å². The van der Waals surface area contributed by atoms with Gasteiger partial charge in [0, 0.05) is 18.8 Å². The van der Waals surface area contributed by atoms with Crippen molar-refractivity contribution in [1.82, 2.24) is 15.0 Å². The van der Waals surface area contributed by atoms with Crippen LogP contribution in [0.15, 0.2) is 23.4 Å². The summed E-state index contributed by atoms with van der Waals surface area (Å²) in [7, 11) is 0. The topological polar surface area (TPSA) is 90.0 Å². The van der Waals surface area contributed by atoms with Crippen molar-refractivity contribution in [2.75, 3.05) is 0 Å². The molecule has 1 amide bonds. The van der Waals surface area contributed by atoms with E-state index in [9.17, 15) is 9.59 Å². The predicted molar refractivity (Wildman–Crippen MR) is 54.6 cm³/mol. The largest absolute Gasteiger partial charge is 0.298 e. The molecule has 0 saturated heterocycles. The molecule has 0 spiro atoms. The molecule has 1 aromatic rings. The van der Waals surface area contributed by atoms with Gasteiger partial charge in [0.1, 0.15) is 0 Å². The highest BCUT2D eigenvalue weighted by atomic mass is 16.2. The van der Waals surface area contributed by atoms with Gasteiger partial charge in [-0.3, -0.25) is 19.6 Å². The summed E-state index contributed by atoms with van der Waals surface area (Å²) in [5, 5.41) is 0. The lowest BCUT2D eigenvalue weighted by atomic mass is 9.92. The molecule has 6 nitrogen and oxygen atoms in total. The zero-order chi connectivity index (χ0) is 11.5. The van der Waals surface area contributed by atoms with Crippen molar-refractivity contribution in [2.45, 2.75) is 20.4 Å². The first-order valence-corrected chi connectivity index (χ1v) is 4.49. The van der Waals surface area contributed by atoms with E-state index < -0.39 is 5.41 Å². The molecule has 82 valence electrons. The lowest BCUT2D eigenvalue weighted by molar-refractivity contribution is -0.130. The summed E-state index contributed by atoms with van der Waals surface area (Å²) >= 11 is 0. The molecular weight excluding hydrogens is 196 g/mol. The average Bonchev–Trinajstić information content (AvgIpc) is 2.20. The van der Waals surface area contributed by atoms with Crippen LogP contribution in [0.25, 0.3) is 0 Å². The molecule has 0 aliphatic heterocycles. The number of carbonyl (C=O) groups excluding carboxylic acids is 1. The predicted octanol–water partition coefficient (Wildman–Crippen LogP) is -0.741. The molecule has 0 radical (unpaired) electrons. The van der Waals surface area contributed by atoms with E-state index in [0.717, 1.165) is 0 Å². The molecular formula is C9H14N4O2. The minimum absolute atomic E-state index is 0.192. The minimum atomic E-state index is -0.748. The molecule has 0 bridgehead atoms. The Kier molecular flexibility index (Phi) is 3.21. The van der Waals surface area contributed by atoms with Gasteiger partial charge in [-0.2, -0.15) is 0 Å². The summed E-state index contributed by atoms with van der Waals surface area (Å²) in [4.78, 5) is 26.6. The maximum absolute atomic E-state index is 11.4. The Morgan fingerprint density at radius 1 is 1.67 bits per heavy atom. The number of carbonyl (C=O) groups is 1. The van der Waals surface area contributed by atoms with Crippen LogP contribution in [0.4, 0.5) is 0 Å².